The summed E-state index contributed by atoms with van der Waals surface area (Å²) < 4.78 is 11.8. The molecular weight excluding hydrogens is 436 g/mol. The van der Waals surface area contributed by atoms with E-state index >= 15 is 0 Å². The molecule has 0 amide bonds. The fraction of sp³-hybridized carbons (Fsp3) is 0.677. The van der Waals surface area contributed by atoms with Crippen LogP contribution in [0.5, 0.6) is 0 Å². The second-order valence-electron chi connectivity index (χ2n) is 12.3. The summed E-state index contributed by atoms with van der Waals surface area (Å²) in [7, 11) is 0. The Kier molecular flexibility index (Phi) is 6.27. The third-order valence-electron chi connectivity index (χ3n) is 10.5. The first-order chi connectivity index (χ1) is 16.7. The molecule has 4 heteroatoms. The highest BCUT2D eigenvalue weighted by atomic mass is 16.6. The lowest BCUT2D eigenvalue weighted by Gasteiger charge is -2.61. The molecule has 4 aliphatic rings. The molecule has 1 aromatic rings. The van der Waals surface area contributed by atoms with E-state index in [4.69, 9.17) is 9.47 Å². The molecule has 4 unspecified atom stereocenters. The standard InChI is InChI=1S/C31H40O4/c1-21(32)34-28-13-12-26-25-11-10-24-20-31(35-22(2)33,17-14-23-8-6-5-7-9-23)19-18-29(24,3)27(25)15-16-30(26,28)4/h5-9,24-28H,10-13,15-16,18-20H2,1-4H3/t24-,25?,26?,27?,28-,29-,30-,31?/m0/s1. The predicted molar refractivity (Wildman–Crippen MR) is 135 cm³/mol. The fourth-order valence-electron chi connectivity index (χ4n) is 8.79. The van der Waals surface area contributed by atoms with Crippen LogP contribution in [0.2, 0.25) is 0 Å². The van der Waals surface area contributed by atoms with Gasteiger partial charge in [-0.15, -0.1) is 0 Å². The monoisotopic (exact) mass is 476 g/mol. The maximum absolute atomic E-state index is 12.1. The van der Waals surface area contributed by atoms with Crippen molar-refractivity contribution in [3.05, 3.63) is 35.9 Å². The van der Waals surface area contributed by atoms with E-state index in [2.05, 4.69) is 25.7 Å². The van der Waals surface area contributed by atoms with Gasteiger partial charge < -0.3 is 9.47 Å². The molecule has 0 heterocycles. The highest BCUT2D eigenvalue weighted by molar-refractivity contribution is 5.67. The van der Waals surface area contributed by atoms with Gasteiger partial charge in [0.2, 0.25) is 0 Å². The third-order valence-corrected chi connectivity index (χ3v) is 10.5. The van der Waals surface area contributed by atoms with Crippen LogP contribution in [0.15, 0.2) is 30.3 Å². The zero-order valence-corrected chi connectivity index (χ0v) is 21.8. The zero-order valence-electron chi connectivity index (χ0n) is 21.8. The van der Waals surface area contributed by atoms with E-state index in [9.17, 15) is 9.59 Å². The van der Waals surface area contributed by atoms with E-state index in [1.54, 1.807) is 6.92 Å². The summed E-state index contributed by atoms with van der Waals surface area (Å²) in [4.78, 5) is 23.9. The van der Waals surface area contributed by atoms with Crippen molar-refractivity contribution in [1.82, 2.24) is 0 Å². The lowest BCUT2D eigenvalue weighted by molar-refractivity contribution is -0.175. The number of rotatable bonds is 2. The Morgan fingerprint density at radius 3 is 2.31 bits per heavy atom. The minimum absolute atomic E-state index is 0.0766. The van der Waals surface area contributed by atoms with Crippen molar-refractivity contribution < 1.29 is 19.1 Å². The number of esters is 2. The Hall–Kier alpha value is -2.28. The number of benzene rings is 1. The highest BCUT2D eigenvalue weighted by Crippen LogP contribution is 2.67. The fourth-order valence-corrected chi connectivity index (χ4v) is 8.79. The van der Waals surface area contributed by atoms with Gasteiger partial charge in [-0.2, -0.15) is 0 Å². The second-order valence-corrected chi connectivity index (χ2v) is 12.3. The number of hydrogen-bond donors (Lipinski definition) is 0. The molecule has 5 rings (SSSR count). The molecule has 0 N–H and O–H groups in total. The first kappa shape index (κ1) is 24.4. The van der Waals surface area contributed by atoms with E-state index < -0.39 is 5.60 Å². The van der Waals surface area contributed by atoms with Crippen LogP contribution in [-0.2, 0) is 19.1 Å². The molecule has 0 radical (unpaired) electrons. The van der Waals surface area contributed by atoms with Crippen LogP contribution in [0.3, 0.4) is 0 Å². The average molecular weight is 477 g/mol. The van der Waals surface area contributed by atoms with Crippen LogP contribution < -0.4 is 0 Å². The first-order valence-corrected chi connectivity index (χ1v) is 13.6. The van der Waals surface area contributed by atoms with Crippen LogP contribution in [0.1, 0.15) is 91.0 Å². The topological polar surface area (TPSA) is 52.6 Å². The lowest BCUT2D eigenvalue weighted by Crippen LogP contribution is -2.56. The molecule has 4 saturated carbocycles. The number of carbonyl (C=O) groups excluding carboxylic acids is 2. The van der Waals surface area contributed by atoms with Gasteiger partial charge in [0.05, 0.1) is 0 Å². The van der Waals surface area contributed by atoms with E-state index in [1.165, 1.54) is 32.6 Å². The smallest absolute Gasteiger partial charge is 0.304 e. The van der Waals surface area contributed by atoms with E-state index in [0.29, 0.717) is 23.7 Å². The highest BCUT2D eigenvalue weighted by Gasteiger charge is 2.62. The summed E-state index contributed by atoms with van der Waals surface area (Å²) >= 11 is 0. The Balaban J connectivity index is 1.38. The quantitative estimate of drug-likeness (QED) is 0.370. The molecule has 0 aromatic heterocycles. The minimum atomic E-state index is -0.685. The van der Waals surface area contributed by atoms with Crippen molar-refractivity contribution in [2.45, 2.75) is 97.2 Å². The molecule has 8 atom stereocenters. The molecule has 0 aliphatic heterocycles. The Morgan fingerprint density at radius 1 is 0.857 bits per heavy atom. The van der Waals surface area contributed by atoms with Gasteiger partial charge in [0.15, 0.2) is 5.60 Å². The number of ether oxygens (including phenoxy) is 2. The number of carbonyl (C=O) groups is 2. The maximum Gasteiger partial charge on any atom is 0.304 e. The number of hydrogen-bond acceptors (Lipinski definition) is 4. The molecule has 0 saturated heterocycles. The zero-order chi connectivity index (χ0) is 24.8. The molecular formula is C31H40O4. The molecule has 4 aliphatic carbocycles. The SMILES string of the molecule is CC(=O)O[C@H]1CCC2C3CC[C@H]4CC(C#Cc5ccccc5)(OC(C)=O)CC[C@]4(C)C3CC[C@@]21C. The summed E-state index contributed by atoms with van der Waals surface area (Å²) in [5.41, 5.74) is 0.649. The Labute approximate surface area is 210 Å². The van der Waals surface area contributed by atoms with E-state index in [0.717, 1.165) is 37.7 Å². The van der Waals surface area contributed by atoms with Crippen LogP contribution in [-0.4, -0.2) is 23.6 Å². The van der Waals surface area contributed by atoms with E-state index in [1.807, 2.05) is 30.3 Å². The summed E-state index contributed by atoms with van der Waals surface area (Å²) in [5, 5.41) is 0. The van der Waals surface area contributed by atoms with Crippen LogP contribution in [0, 0.1) is 46.3 Å². The Morgan fingerprint density at radius 2 is 1.60 bits per heavy atom. The van der Waals surface area contributed by atoms with Crippen LogP contribution in [0.25, 0.3) is 0 Å². The Bertz CT molecular complexity index is 1040. The second kappa shape index (κ2) is 8.99. The lowest BCUT2D eigenvalue weighted by atomic mass is 9.44. The molecule has 35 heavy (non-hydrogen) atoms. The van der Waals surface area contributed by atoms with Gasteiger partial charge in [-0.3, -0.25) is 9.59 Å². The molecule has 188 valence electrons. The number of fused-ring (bicyclic) bond motifs is 5. The summed E-state index contributed by atoms with van der Waals surface area (Å²) in [6, 6.07) is 10.00. The van der Waals surface area contributed by atoms with Gasteiger partial charge in [0.1, 0.15) is 6.10 Å². The van der Waals surface area contributed by atoms with Gasteiger partial charge in [-0.05, 0) is 98.5 Å². The van der Waals surface area contributed by atoms with Crippen molar-refractivity contribution in [1.29, 1.82) is 0 Å². The molecule has 1 aromatic carbocycles. The first-order valence-electron chi connectivity index (χ1n) is 13.6. The van der Waals surface area contributed by atoms with Crippen molar-refractivity contribution in [2.24, 2.45) is 34.5 Å². The predicted octanol–water partition coefficient (Wildman–Crippen LogP) is 6.31. The third kappa shape index (κ3) is 4.30. The largest absolute Gasteiger partial charge is 0.462 e. The summed E-state index contributed by atoms with van der Waals surface area (Å²) in [6.45, 7) is 7.96. The van der Waals surface area contributed by atoms with Crippen LogP contribution in [0.4, 0.5) is 0 Å². The van der Waals surface area contributed by atoms with Crippen LogP contribution >= 0.6 is 0 Å². The van der Waals surface area contributed by atoms with E-state index in [-0.39, 0.29) is 28.9 Å². The van der Waals surface area contributed by atoms with Crippen molar-refractivity contribution in [3.63, 3.8) is 0 Å². The molecule has 4 fully saturated rings. The van der Waals surface area contributed by atoms with Gasteiger partial charge in [0, 0.05) is 31.2 Å². The van der Waals surface area contributed by atoms with Crippen molar-refractivity contribution in [2.75, 3.05) is 0 Å². The van der Waals surface area contributed by atoms with Gasteiger partial charge in [-0.25, -0.2) is 0 Å². The van der Waals surface area contributed by atoms with Gasteiger partial charge >= 0.3 is 11.9 Å². The maximum atomic E-state index is 12.1. The average Bonchev–Trinajstić information content (AvgIpc) is 3.14. The normalized spacial score (nSPS) is 41.9. The van der Waals surface area contributed by atoms with Gasteiger partial charge in [-0.1, -0.05) is 38.0 Å². The molecule has 0 bridgehead atoms. The summed E-state index contributed by atoms with van der Waals surface area (Å²) in [6.07, 6.45) is 9.69. The van der Waals surface area contributed by atoms with Crippen molar-refractivity contribution >= 4 is 11.9 Å². The molecule has 0 spiro atoms. The van der Waals surface area contributed by atoms with Gasteiger partial charge in [0.25, 0.3) is 0 Å². The van der Waals surface area contributed by atoms with Crippen molar-refractivity contribution in [3.8, 4) is 11.8 Å². The minimum Gasteiger partial charge on any atom is -0.462 e. The summed E-state index contributed by atoms with van der Waals surface area (Å²) in [5.74, 6) is 8.91. The molecule has 4 nitrogen and oxygen atoms in total.